The van der Waals surface area contributed by atoms with Crippen molar-refractivity contribution < 1.29 is 9.21 Å². The Morgan fingerprint density at radius 3 is 2.00 bits per heavy atom. The molecule has 0 radical (unpaired) electrons. The molecule has 5 nitrogen and oxygen atoms in total. The van der Waals surface area contributed by atoms with E-state index in [1.807, 2.05) is 66.7 Å². The topological polar surface area (TPSA) is 81.1 Å². The molecule has 0 aliphatic rings. The van der Waals surface area contributed by atoms with Crippen molar-refractivity contribution in [3.63, 3.8) is 0 Å². The maximum Gasteiger partial charge on any atom is 0.273 e. The van der Waals surface area contributed by atoms with Crippen molar-refractivity contribution in [3.05, 3.63) is 126 Å². The van der Waals surface area contributed by atoms with Gasteiger partial charge in [0.15, 0.2) is 5.69 Å². The van der Waals surface area contributed by atoms with Crippen LogP contribution in [0, 0.1) is 0 Å². The molecular formula is C26H25N3O2. The number of carbonyl (C=O) groups is 1. The first-order valence-electron chi connectivity index (χ1n) is 10.3. The minimum Gasteiger partial charge on any atom is -0.446 e. The van der Waals surface area contributed by atoms with Gasteiger partial charge in [0.2, 0.25) is 5.89 Å². The Morgan fingerprint density at radius 1 is 0.871 bits per heavy atom. The summed E-state index contributed by atoms with van der Waals surface area (Å²) in [7, 11) is 0. The van der Waals surface area contributed by atoms with Gasteiger partial charge in [0, 0.05) is 12.5 Å². The first kappa shape index (κ1) is 20.6. The Kier molecular flexibility index (Phi) is 6.55. The number of nitrogens with two attached hydrogens (primary N) is 1. The fraction of sp³-hybridized carbons (Fsp3) is 0.154. The lowest BCUT2D eigenvalue weighted by molar-refractivity contribution is 0.0947. The number of benzene rings is 3. The number of hydrogen-bond donors (Lipinski definition) is 2. The van der Waals surface area contributed by atoms with E-state index in [0.29, 0.717) is 18.9 Å². The third-order valence-corrected chi connectivity index (χ3v) is 5.24. The van der Waals surface area contributed by atoms with Gasteiger partial charge >= 0.3 is 0 Å². The lowest BCUT2D eigenvalue weighted by Gasteiger charge is -2.18. The summed E-state index contributed by atoms with van der Waals surface area (Å²) in [5.74, 6) is 0.119. The first-order valence-corrected chi connectivity index (χ1v) is 10.3. The maximum absolute atomic E-state index is 12.7. The number of nitrogens with one attached hydrogen (secondary N) is 1. The van der Waals surface area contributed by atoms with Crippen LogP contribution in [0.3, 0.4) is 0 Å². The molecule has 1 aromatic heterocycles. The van der Waals surface area contributed by atoms with Crippen molar-refractivity contribution >= 4 is 5.91 Å². The van der Waals surface area contributed by atoms with Crippen LogP contribution in [0.2, 0.25) is 0 Å². The van der Waals surface area contributed by atoms with Crippen LogP contribution in [0.15, 0.2) is 102 Å². The summed E-state index contributed by atoms with van der Waals surface area (Å²) in [5, 5.41) is 3.00. The minimum absolute atomic E-state index is 0.0399. The zero-order valence-electron chi connectivity index (χ0n) is 17.1. The molecule has 31 heavy (non-hydrogen) atoms. The molecule has 1 atom stereocenters. The van der Waals surface area contributed by atoms with Crippen LogP contribution in [-0.2, 0) is 6.42 Å². The predicted molar refractivity (Wildman–Crippen MR) is 121 cm³/mol. The van der Waals surface area contributed by atoms with E-state index in [1.165, 1.54) is 6.26 Å². The van der Waals surface area contributed by atoms with Crippen LogP contribution in [0.4, 0.5) is 0 Å². The molecule has 1 unspecified atom stereocenters. The average molecular weight is 412 g/mol. The molecule has 3 aromatic carbocycles. The Labute approximate surface area is 181 Å². The third kappa shape index (κ3) is 5.27. The summed E-state index contributed by atoms with van der Waals surface area (Å²) in [5.41, 5.74) is 9.83. The Morgan fingerprint density at radius 2 is 1.42 bits per heavy atom. The molecule has 0 aliphatic carbocycles. The highest BCUT2D eigenvalue weighted by atomic mass is 16.3. The fourth-order valence-corrected chi connectivity index (χ4v) is 3.60. The van der Waals surface area contributed by atoms with Gasteiger partial charge in [0.1, 0.15) is 6.26 Å². The fourth-order valence-electron chi connectivity index (χ4n) is 3.60. The molecule has 0 aliphatic heterocycles. The smallest absolute Gasteiger partial charge is 0.273 e. The number of rotatable bonds is 8. The van der Waals surface area contributed by atoms with Crippen LogP contribution in [0.25, 0.3) is 0 Å². The van der Waals surface area contributed by atoms with Crippen molar-refractivity contribution in [3.8, 4) is 0 Å². The molecule has 0 fully saturated rings. The van der Waals surface area contributed by atoms with Crippen LogP contribution < -0.4 is 11.1 Å². The highest BCUT2D eigenvalue weighted by Gasteiger charge is 2.20. The minimum atomic E-state index is -0.412. The molecule has 0 spiro atoms. The van der Waals surface area contributed by atoms with E-state index in [9.17, 15) is 4.79 Å². The van der Waals surface area contributed by atoms with Gasteiger partial charge in [0.25, 0.3) is 5.91 Å². The van der Waals surface area contributed by atoms with Gasteiger partial charge in [0.05, 0.1) is 6.04 Å². The molecule has 4 aromatic rings. The van der Waals surface area contributed by atoms with E-state index in [2.05, 4.69) is 34.6 Å². The number of oxazole rings is 1. The van der Waals surface area contributed by atoms with E-state index in [4.69, 9.17) is 10.2 Å². The SMILES string of the molecule is NC(Cc1ccccc1)c1nc(C(=O)NCC(c2ccccc2)c2ccccc2)co1. The highest BCUT2D eigenvalue weighted by Crippen LogP contribution is 2.24. The largest absolute Gasteiger partial charge is 0.446 e. The summed E-state index contributed by atoms with van der Waals surface area (Å²) in [6.45, 7) is 0.450. The van der Waals surface area contributed by atoms with E-state index >= 15 is 0 Å². The van der Waals surface area contributed by atoms with Gasteiger partial charge in [-0.3, -0.25) is 4.79 Å². The highest BCUT2D eigenvalue weighted by molar-refractivity contribution is 5.92. The zero-order chi connectivity index (χ0) is 21.5. The van der Waals surface area contributed by atoms with E-state index in [-0.39, 0.29) is 17.5 Å². The van der Waals surface area contributed by atoms with Crippen LogP contribution >= 0.6 is 0 Å². The first-order chi connectivity index (χ1) is 15.2. The summed E-state index contributed by atoms with van der Waals surface area (Å²) in [4.78, 5) is 17.1. The van der Waals surface area contributed by atoms with Crippen molar-refractivity contribution in [2.45, 2.75) is 18.4 Å². The number of nitrogens with zero attached hydrogens (tertiary/aromatic N) is 1. The van der Waals surface area contributed by atoms with Crippen molar-refractivity contribution in [1.29, 1.82) is 0 Å². The van der Waals surface area contributed by atoms with Crippen molar-refractivity contribution in [2.75, 3.05) is 6.54 Å². The molecule has 5 heteroatoms. The molecule has 0 bridgehead atoms. The normalized spacial score (nSPS) is 11.9. The summed E-state index contributed by atoms with van der Waals surface area (Å²) in [6, 6.07) is 29.8. The number of hydrogen-bond acceptors (Lipinski definition) is 4. The molecule has 1 heterocycles. The number of carbonyl (C=O) groups excluding carboxylic acids is 1. The molecule has 1 amide bonds. The zero-order valence-corrected chi connectivity index (χ0v) is 17.1. The number of amides is 1. The number of aromatic nitrogens is 1. The molecule has 3 N–H and O–H groups in total. The molecule has 0 saturated carbocycles. The lowest BCUT2D eigenvalue weighted by Crippen LogP contribution is -2.29. The van der Waals surface area contributed by atoms with Crippen molar-refractivity contribution in [2.24, 2.45) is 5.73 Å². The van der Waals surface area contributed by atoms with Gasteiger partial charge in [-0.2, -0.15) is 0 Å². The average Bonchev–Trinajstić information content (AvgIpc) is 3.32. The van der Waals surface area contributed by atoms with E-state index in [1.54, 1.807) is 0 Å². The Balaban J connectivity index is 1.43. The van der Waals surface area contributed by atoms with Gasteiger partial charge in [-0.15, -0.1) is 0 Å². The maximum atomic E-state index is 12.7. The molecular weight excluding hydrogens is 386 g/mol. The Bertz CT molecular complexity index is 1060. The summed E-state index contributed by atoms with van der Waals surface area (Å²) in [6.07, 6.45) is 1.96. The van der Waals surface area contributed by atoms with Crippen LogP contribution in [0.1, 0.15) is 45.0 Å². The van der Waals surface area contributed by atoms with E-state index in [0.717, 1.165) is 16.7 Å². The Hall–Kier alpha value is -3.70. The van der Waals surface area contributed by atoms with Crippen molar-refractivity contribution in [1.82, 2.24) is 10.3 Å². The second kappa shape index (κ2) is 9.87. The van der Waals surface area contributed by atoms with E-state index < -0.39 is 6.04 Å². The molecule has 156 valence electrons. The van der Waals surface area contributed by atoms with Crippen LogP contribution in [0.5, 0.6) is 0 Å². The predicted octanol–water partition coefficient (Wildman–Crippen LogP) is 4.48. The third-order valence-electron chi connectivity index (χ3n) is 5.24. The quantitative estimate of drug-likeness (QED) is 0.448. The second-order valence-corrected chi connectivity index (χ2v) is 7.45. The summed E-state index contributed by atoms with van der Waals surface area (Å²) >= 11 is 0. The molecule has 0 saturated heterocycles. The standard InChI is InChI=1S/C26H25N3O2/c27-23(16-19-10-4-1-5-11-19)26-29-24(18-31-26)25(30)28-17-22(20-12-6-2-7-13-20)21-14-8-3-9-15-21/h1-15,18,22-23H,16-17,27H2,(H,28,30). The summed E-state index contributed by atoms with van der Waals surface area (Å²) < 4.78 is 5.50. The monoisotopic (exact) mass is 411 g/mol. The lowest BCUT2D eigenvalue weighted by atomic mass is 9.91. The van der Waals surface area contributed by atoms with Crippen LogP contribution in [-0.4, -0.2) is 17.4 Å². The molecule has 4 rings (SSSR count). The van der Waals surface area contributed by atoms with Gasteiger partial charge in [-0.1, -0.05) is 91.0 Å². The van der Waals surface area contributed by atoms with Gasteiger partial charge in [-0.05, 0) is 23.1 Å². The van der Waals surface area contributed by atoms with Gasteiger partial charge in [-0.25, -0.2) is 4.98 Å². The van der Waals surface area contributed by atoms with Gasteiger partial charge < -0.3 is 15.5 Å². The second-order valence-electron chi connectivity index (χ2n) is 7.45.